The van der Waals surface area contributed by atoms with Crippen molar-refractivity contribution in [1.29, 1.82) is 0 Å². The van der Waals surface area contributed by atoms with E-state index in [4.69, 9.17) is 4.74 Å². The molecule has 0 aromatic heterocycles. The summed E-state index contributed by atoms with van der Waals surface area (Å²) in [5.41, 5.74) is -1.55. The summed E-state index contributed by atoms with van der Waals surface area (Å²) in [6.45, 7) is -0.489. The highest BCUT2D eigenvalue weighted by Crippen LogP contribution is 2.37. The van der Waals surface area contributed by atoms with Crippen LogP contribution < -0.4 is 4.74 Å². The Labute approximate surface area is 109 Å². The maximum absolute atomic E-state index is 12.5. The molecule has 0 aliphatic carbocycles. The van der Waals surface area contributed by atoms with Crippen LogP contribution in [-0.4, -0.2) is 18.6 Å². The smallest absolute Gasteiger partial charge is 0.416 e. The van der Waals surface area contributed by atoms with Gasteiger partial charge in [0.15, 0.2) is 5.78 Å². The Morgan fingerprint density at radius 3 is 2.35 bits per heavy atom. The number of hydrogen-bond acceptors (Lipinski definition) is 2. The van der Waals surface area contributed by atoms with Gasteiger partial charge in [-0.05, 0) is 18.2 Å². The Bertz CT molecular complexity index is 532. The summed E-state index contributed by atoms with van der Waals surface area (Å²) < 4.78 is 79.3. The maximum Gasteiger partial charge on any atom is 0.416 e. The Kier molecular flexibility index (Phi) is 3.43. The van der Waals surface area contributed by atoms with Crippen molar-refractivity contribution in [3.8, 4) is 5.75 Å². The molecule has 0 bridgehead atoms. The molecule has 8 heteroatoms. The lowest BCUT2D eigenvalue weighted by Crippen LogP contribution is -2.32. The number of carbonyl (C=O) groups is 1. The van der Waals surface area contributed by atoms with Gasteiger partial charge in [0.1, 0.15) is 5.75 Å². The average molecular weight is 298 g/mol. The number of alkyl halides is 6. The monoisotopic (exact) mass is 298 g/mol. The topological polar surface area (TPSA) is 26.3 Å². The van der Waals surface area contributed by atoms with Crippen molar-refractivity contribution < 1.29 is 35.9 Å². The van der Waals surface area contributed by atoms with E-state index in [0.29, 0.717) is 6.07 Å². The van der Waals surface area contributed by atoms with Crippen LogP contribution in [0.3, 0.4) is 0 Å². The van der Waals surface area contributed by atoms with Crippen molar-refractivity contribution in [1.82, 2.24) is 0 Å². The van der Waals surface area contributed by atoms with Crippen LogP contribution in [0.1, 0.15) is 22.3 Å². The van der Waals surface area contributed by atoms with Crippen LogP contribution in [0.5, 0.6) is 5.75 Å². The Morgan fingerprint density at radius 2 is 1.80 bits per heavy atom. The summed E-state index contributed by atoms with van der Waals surface area (Å²) in [5, 5.41) is 0. The normalized spacial score (nSPS) is 19.5. The van der Waals surface area contributed by atoms with Gasteiger partial charge in [-0.15, -0.1) is 0 Å². The second kappa shape index (κ2) is 4.68. The third kappa shape index (κ3) is 3.05. The van der Waals surface area contributed by atoms with Crippen molar-refractivity contribution in [2.45, 2.75) is 18.8 Å². The van der Waals surface area contributed by atoms with Crippen LogP contribution in [0.15, 0.2) is 18.2 Å². The van der Waals surface area contributed by atoms with Crippen LogP contribution in [0, 0.1) is 5.92 Å². The van der Waals surface area contributed by atoms with Crippen LogP contribution in [-0.2, 0) is 6.18 Å². The quantitative estimate of drug-likeness (QED) is 0.736. The first-order valence-electron chi connectivity index (χ1n) is 5.53. The molecule has 1 aliphatic heterocycles. The molecule has 0 saturated carbocycles. The summed E-state index contributed by atoms with van der Waals surface area (Å²) >= 11 is 0. The molecular weight excluding hydrogens is 290 g/mol. The number of ether oxygens (including phenoxy) is 1. The zero-order valence-electron chi connectivity index (χ0n) is 9.81. The summed E-state index contributed by atoms with van der Waals surface area (Å²) in [6, 6.07) is 2.19. The number of rotatable bonds is 1. The lowest BCUT2D eigenvalue weighted by Gasteiger charge is -2.25. The van der Waals surface area contributed by atoms with Gasteiger partial charge in [-0.2, -0.15) is 26.3 Å². The highest BCUT2D eigenvalue weighted by atomic mass is 19.4. The summed E-state index contributed by atoms with van der Waals surface area (Å²) in [5.74, 6) is -2.61. The molecule has 1 aromatic carbocycles. The summed E-state index contributed by atoms with van der Waals surface area (Å²) in [6.07, 6.45) is -10.7. The van der Waals surface area contributed by atoms with Gasteiger partial charge in [-0.3, -0.25) is 4.79 Å². The molecule has 0 amide bonds. The minimum atomic E-state index is -4.67. The van der Waals surface area contributed by atoms with Gasteiger partial charge in [0.2, 0.25) is 0 Å². The van der Waals surface area contributed by atoms with Gasteiger partial charge < -0.3 is 4.74 Å². The van der Waals surface area contributed by atoms with E-state index in [1.165, 1.54) is 0 Å². The van der Waals surface area contributed by atoms with E-state index in [2.05, 4.69) is 0 Å². The van der Waals surface area contributed by atoms with Gasteiger partial charge in [-0.1, -0.05) is 0 Å². The van der Waals surface area contributed by atoms with Crippen LogP contribution in [0.2, 0.25) is 0 Å². The molecule has 1 atom stereocenters. The summed E-state index contributed by atoms with van der Waals surface area (Å²) in [7, 11) is 0. The molecule has 1 unspecified atom stereocenters. The number of halogens is 6. The van der Waals surface area contributed by atoms with Gasteiger partial charge in [0.05, 0.1) is 30.1 Å². The number of hydrogen-bond donors (Lipinski definition) is 0. The lowest BCUT2D eigenvalue weighted by molar-refractivity contribution is -0.144. The largest absolute Gasteiger partial charge is 0.492 e. The molecule has 1 heterocycles. The first-order valence-corrected chi connectivity index (χ1v) is 5.53. The molecule has 0 spiro atoms. The van der Waals surface area contributed by atoms with Gasteiger partial charge >= 0.3 is 12.4 Å². The Morgan fingerprint density at radius 1 is 1.15 bits per heavy atom. The third-order valence-electron chi connectivity index (χ3n) is 2.86. The first kappa shape index (κ1) is 14.7. The minimum absolute atomic E-state index is 0.124. The van der Waals surface area contributed by atoms with Crippen LogP contribution in [0.4, 0.5) is 26.3 Å². The molecular formula is C12H8F6O2. The zero-order valence-corrected chi connectivity index (χ0v) is 9.81. The SMILES string of the molecule is O=C1c2cc(C(F)(F)F)ccc2OCC1CC(F)(F)F. The van der Waals surface area contributed by atoms with E-state index in [-0.39, 0.29) is 5.75 Å². The number of carbonyl (C=O) groups excluding carboxylic acids is 1. The molecule has 2 rings (SSSR count). The fourth-order valence-corrected chi connectivity index (χ4v) is 1.94. The highest BCUT2D eigenvalue weighted by molar-refractivity contribution is 6.01. The van der Waals surface area contributed by atoms with Crippen LogP contribution in [0.25, 0.3) is 0 Å². The first-order chi connectivity index (χ1) is 9.08. The highest BCUT2D eigenvalue weighted by Gasteiger charge is 2.40. The van der Waals surface area contributed by atoms with Crippen molar-refractivity contribution in [3.63, 3.8) is 0 Å². The fourth-order valence-electron chi connectivity index (χ4n) is 1.94. The second-order valence-electron chi connectivity index (χ2n) is 4.40. The average Bonchev–Trinajstić information content (AvgIpc) is 2.30. The van der Waals surface area contributed by atoms with E-state index in [1.807, 2.05) is 0 Å². The Hall–Kier alpha value is -1.73. The minimum Gasteiger partial charge on any atom is -0.492 e. The fraction of sp³-hybridized carbons (Fsp3) is 0.417. The maximum atomic E-state index is 12.5. The van der Waals surface area contributed by atoms with E-state index >= 15 is 0 Å². The number of Topliss-reactive ketones (excluding diaryl/α,β-unsaturated/α-hetero) is 1. The van der Waals surface area contributed by atoms with Gasteiger partial charge in [0, 0.05) is 0 Å². The molecule has 20 heavy (non-hydrogen) atoms. The second-order valence-corrected chi connectivity index (χ2v) is 4.40. The number of ketones is 1. The molecule has 0 radical (unpaired) electrons. The predicted molar refractivity (Wildman–Crippen MR) is 55.4 cm³/mol. The van der Waals surface area contributed by atoms with E-state index in [0.717, 1.165) is 12.1 Å². The molecule has 0 N–H and O–H groups in total. The molecule has 2 nitrogen and oxygen atoms in total. The standard InChI is InChI=1S/C12H8F6O2/c13-11(14,15)4-6-5-20-9-2-1-7(12(16,17)18)3-8(9)10(6)19/h1-3,6H,4-5H2. The van der Waals surface area contributed by atoms with E-state index in [1.54, 1.807) is 0 Å². The molecule has 110 valence electrons. The van der Waals surface area contributed by atoms with Crippen molar-refractivity contribution in [3.05, 3.63) is 29.3 Å². The van der Waals surface area contributed by atoms with E-state index in [9.17, 15) is 31.1 Å². The van der Waals surface area contributed by atoms with Crippen LogP contribution >= 0.6 is 0 Å². The van der Waals surface area contributed by atoms with Crippen molar-refractivity contribution in [2.24, 2.45) is 5.92 Å². The number of fused-ring (bicyclic) bond motifs is 1. The molecule has 0 saturated heterocycles. The Balaban J connectivity index is 2.33. The summed E-state index contributed by atoms with van der Waals surface area (Å²) in [4.78, 5) is 11.8. The van der Waals surface area contributed by atoms with Gasteiger partial charge in [-0.25, -0.2) is 0 Å². The zero-order chi connectivity index (χ0) is 15.1. The third-order valence-corrected chi connectivity index (χ3v) is 2.86. The lowest BCUT2D eigenvalue weighted by atomic mass is 9.91. The molecule has 0 fully saturated rings. The molecule has 1 aromatic rings. The predicted octanol–water partition coefficient (Wildman–Crippen LogP) is 3.85. The van der Waals surface area contributed by atoms with Gasteiger partial charge in [0.25, 0.3) is 0 Å². The van der Waals surface area contributed by atoms with E-state index < -0.39 is 48.2 Å². The molecule has 1 aliphatic rings. The van der Waals surface area contributed by atoms with Crippen molar-refractivity contribution in [2.75, 3.05) is 6.61 Å². The number of benzene rings is 1. The van der Waals surface area contributed by atoms with Crippen molar-refractivity contribution >= 4 is 5.78 Å².